The zero-order valence-electron chi connectivity index (χ0n) is 30.5. The molecule has 0 aliphatic carbocycles. The third-order valence-electron chi connectivity index (χ3n) is 7.77. The van der Waals surface area contributed by atoms with Crippen molar-refractivity contribution in [2.45, 2.75) is 72.2 Å². The van der Waals surface area contributed by atoms with E-state index < -0.39 is 22.2 Å². The molecule has 0 saturated carbocycles. The Labute approximate surface area is 340 Å². The fourth-order valence-electron chi connectivity index (χ4n) is 4.30. The third kappa shape index (κ3) is 13.1. The number of methoxy groups -OCH3 is 3. The van der Waals surface area contributed by atoms with Crippen molar-refractivity contribution < 1.29 is 28.6 Å². The van der Waals surface area contributed by atoms with Crippen molar-refractivity contribution in [1.82, 2.24) is 0 Å². The Kier molecular flexibility index (Phi) is 18.4. The minimum Gasteiger partial charge on any atom is -0.465 e. The van der Waals surface area contributed by atoms with E-state index in [4.69, 9.17) is 24.7 Å². The number of hydrogen-bond donors (Lipinski definition) is 0. The average molecular weight is 967 g/mol. The van der Waals surface area contributed by atoms with Gasteiger partial charge in [-0.05, 0) is 111 Å². The quantitative estimate of drug-likeness (QED) is 0.116. The highest BCUT2D eigenvalue weighted by Gasteiger charge is 2.25. The van der Waals surface area contributed by atoms with E-state index >= 15 is 0 Å². The lowest BCUT2D eigenvalue weighted by atomic mass is 9.84. The summed E-state index contributed by atoms with van der Waals surface area (Å²) >= 11 is 13.5. The second kappa shape index (κ2) is 20.6. The van der Waals surface area contributed by atoms with E-state index in [1.54, 1.807) is 36.4 Å². The topological polar surface area (TPSA) is 150 Å². The number of nitriles is 3. The van der Waals surface area contributed by atoms with Gasteiger partial charge in [0.2, 0.25) is 0 Å². The molecule has 0 bridgehead atoms. The Bertz CT molecular complexity index is 1800. The molecule has 52 heavy (non-hydrogen) atoms. The summed E-state index contributed by atoms with van der Waals surface area (Å²) in [6.45, 7) is 10.9. The van der Waals surface area contributed by atoms with E-state index in [1.807, 2.05) is 59.7 Å². The van der Waals surface area contributed by atoms with Gasteiger partial charge in [-0.25, -0.2) is 14.4 Å². The van der Waals surface area contributed by atoms with E-state index in [9.17, 15) is 19.6 Å². The number of rotatable bonds is 9. The summed E-state index contributed by atoms with van der Waals surface area (Å²) in [5, 5.41) is 28.7. The maximum absolute atomic E-state index is 11.6. The molecule has 0 aromatic heterocycles. The average Bonchev–Trinajstić information content (AvgIpc) is 3.16. The zero-order valence-corrected chi connectivity index (χ0v) is 36.8. The van der Waals surface area contributed by atoms with Gasteiger partial charge in [0.15, 0.2) is 0 Å². The number of alkyl halides is 4. The number of hydrogen-bond acceptors (Lipinski definition) is 9. The van der Waals surface area contributed by atoms with Crippen molar-refractivity contribution in [3.05, 3.63) is 105 Å². The van der Waals surface area contributed by atoms with E-state index in [2.05, 4.69) is 81.9 Å². The maximum Gasteiger partial charge on any atom is 0.337 e. The van der Waals surface area contributed by atoms with Gasteiger partial charge in [-0.2, -0.15) is 15.8 Å². The van der Waals surface area contributed by atoms with Crippen LogP contribution in [0.25, 0.3) is 0 Å². The molecule has 3 aromatic rings. The van der Waals surface area contributed by atoms with Gasteiger partial charge in [0.05, 0.1) is 76.2 Å². The molecule has 276 valence electrons. The fraction of sp³-hybridized carbons (Fsp3) is 0.385. The molecule has 0 fully saturated rings. The van der Waals surface area contributed by atoms with Crippen LogP contribution in [0.4, 0.5) is 0 Å². The number of benzene rings is 3. The molecule has 13 heteroatoms. The molecule has 0 atom stereocenters. The van der Waals surface area contributed by atoms with E-state index in [-0.39, 0.29) is 15.7 Å². The van der Waals surface area contributed by atoms with Crippen LogP contribution >= 0.6 is 63.7 Å². The smallest absolute Gasteiger partial charge is 0.337 e. The third-order valence-corrected chi connectivity index (χ3v) is 10.1. The Morgan fingerprint density at radius 1 is 0.558 bits per heavy atom. The molecule has 0 aliphatic rings. The lowest BCUT2D eigenvalue weighted by Crippen LogP contribution is -2.16. The molecule has 0 amide bonds. The number of esters is 3. The lowest BCUT2D eigenvalue weighted by Gasteiger charge is -2.18. The number of ether oxygens (including phenoxy) is 3. The predicted molar refractivity (Wildman–Crippen MR) is 215 cm³/mol. The molecule has 0 spiro atoms. The maximum atomic E-state index is 11.6. The molecule has 3 aromatic carbocycles. The minimum absolute atomic E-state index is 0.0807. The minimum atomic E-state index is -0.659. The highest BCUT2D eigenvalue weighted by atomic mass is 79.9. The van der Waals surface area contributed by atoms with Gasteiger partial charge in [0.25, 0.3) is 0 Å². The number of carbonyl (C=O) groups excluding carboxylic acids is 3. The summed E-state index contributed by atoms with van der Waals surface area (Å²) in [5.74, 6) is -1.18. The molecule has 0 heterocycles. The van der Waals surface area contributed by atoms with Crippen molar-refractivity contribution in [3.63, 3.8) is 0 Å². The number of halogens is 4. The first-order valence-electron chi connectivity index (χ1n) is 15.5. The normalized spacial score (nSPS) is 10.9. The molecule has 3 rings (SSSR count). The highest BCUT2D eigenvalue weighted by molar-refractivity contribution is 9.24. The second-order valence-corrected chi connectivity index (χ2v) is 17.1. The van der Waals surface area contributed by atoms with Crippen LogP contribution in [0, 0.1) is 34.0 Å². The van der Waals surface area contributed by atoms with Crippen LogP contribution in [-0.2, 0) is 41.1 Å². The Morgan fingerprint density at radius 2 is 0.846 bits per heavy atom. The summed E-state index contributed by atoms with van der Waals surface area (Å²) < 4.78 is 14.0. The molecular formula is C39H41Br4N3O6. The Balaban J connectivity index is 0.000000390. The summed E-state index contributed by atoms with van der Waals surface area (Å²) in [6.07, 6.45) is 0. The molecule has 0 aliphatic heterocycles. The zero-order chi connectivity index (χ0) is 40.0. The summed E-state index contributed by atoms with van der Waals surface area (Å²) in [4.78, 5) is 34.7. The van der Waals surface area contributed by atoms with E-state index in [0.29, 0.717) is 27.4 Å². The van der Waals surface area contributed by atoms with Crippen molar-refractivity contribution in [1.29, 1.82) is 15.8 Å². The summed E-state index contributed by atoms with van der Waals surface area (Å²) in [7, 11) is 4.03. The standard InChI is InChI=1S/C13H13Br2NO2.2C13H14BrNO2/c1-13(2,7-16)10-5-8(11(14)15)4-9(6-10)12(17)18-3;2*1-13(2,8-15)11-5-9(7-14)4-10(6-11)12(16)17-3/h4-6,11H,1-3H3;2*4-6H,7H2,1-3H3. The first-order chi connectivity index (χ1) is 24.2. The molecule has 0 unspecified atom stereocenters. The molecule has 0 radical (unpaired) electrons. The first-order valence-corrected chi connectivity index (χ1v) is 19.6. The summed E-state index contributed by atoms with van der Waals surface area (Å²) in [5.41, 5.74) is 4.67. The van der Waals surface area contributed by atoms with E-state index in [1.165, 1.54) is 21.3 Å². The van der Waals surface area contributed by atoms with Crippen LogP contribution < -0.4 is 0 Å². The second-order valence-electron chi connectivity index (χ2n) is 12.9. The number of nitrogens with zero attached hydrogens (tertiary/aromatic N) is 3. The monoisotopic (exact) mass is 963 g/mol. The molecule has 9 nitrogen and oxygen atoms in total. The van der Waals surface area contributed by atoms with Crippen LogP contribution in [0.1, 0.15) is 110 Å². The highest BCUT2D eigenvalue weighted by Crippen LogP contribution is 2.34. The van der Waals surface area contributed by atoms with Crippen LogP contribution in [0.15, 0.2) is 54.6 Å². The number of carbonyl (C=O) groups is 3. The van der Waals surface area contributed by atoms with Gasteiger partial charge in [0.1, 0.15) is 0 Å². The van der Waals surface area contributed by atoms with Crippen molar-refractivity contribution >= 4 is 81.6 Å². The molecule has 0 N–H and O–H groups in total. The van der Waals surface area contributed by atoms with Gasteiger partial charge in [-0.15, -0.1) is 0 Å². The van der Waals surface area contributed by atoms with Crippen LogP contribution in [0.2, 0.25) is 0 Å². The first kappa shape index (κ1) is 46.5. The van der Waals surface area contributed by atoms with Gasteiger partial charge in [0, 0.05) is 10.7 Å². The lowest BCUT2D eigenvalue weighted by molar-refractivity contribution is 0.0591. The van der Waals surface area contributed by atoms with E-state index in [0.717, 1.165) is 33.4 Å². The van der Waals surface area contributed by atoms with Crippen LogP contribution in [0.3, 0.4) is 0 Å². The van der Waals surface area contributed by atoms with Gasteiger partial charge in [-0.1, -0.05) is 81.9 Å². The van der Waals surface area contributed by atoms with Crippen molar-refractivity contribution in [2.24, 2.45) is 0 Å². The molecular weight excluding hydrogens is 926 g/mol. The van der Waals surface area contributed by atoms with Gasteiger partial charge < -0.3 is 14.2 Å². The fourth-order valence-corrected chi connectivity index (χ4v) is 5.48. The van der Waals surface area contributed by atoms with Crippen LogP contribution in [-0.4, -0.2) is 39.2 Å². The summed E-state index contributed by atoms with van der Waals surface area (Å²) in [6, 6.07) is 22.8. The van der Waals surface area contributed by atoms with Crippen molar-refractivity contribution in [2.75, 3.05) is 21.3 Å². The van der Waals surface area contributed by atoms with Crippen molar-refractivity contribution in [3.8, 4) is 18.2 Å². The van der Waals surface area contributed by atoms with Gasteiger partial charge >= 0.3 is 17.9 Å². The van der Waals surface area contributed by atoms with Crippen LogP contribution in [0.5, 0.6) is 0 Å². The predicted octanol–water partition coefficient (Wildman–Crippen LogP) is 10.4. The Morgan fingerprint density at radius 3 is 1.10 bits per heavy atom. The molecule has 0 saturated heterocycles. The SMILES string of the molecule is COC(=O)c1cc(C(Br)Br)cc(C(C)(C)C#N)c1.COC(=O)c1cc(CBr)cc(C(C)(C)C#N)c1.COC(=O)c1cc(CBr)cc(C(C)(C)C#N)c1. The largest absolute Gasteiger partial charge is 0.465 e. The van der Waals surface area contributed by atoms with Gasteiger partial charge in [-0.3, -0.25) is 0 Å². The Hall–Kier alpha value is -3.54.